The summed E-state index contributed by atoms with van der Waals surface area (Å²) in [6, 6.07) is 16.9. The van der Waals surface area contributed by atoms with Gasteiger partial charge in [-0.2, -0.15) is 4.73 Å². The van der Waals surface area contributed by atoms with E-state index in [9.17, 15) is 10.0 Å². The van der Waals surface area contributed by atoms with Gasteiger partial charge in [0.15, 0.2) is 11.5 Å². The molecule has 0 spiro atoms. The molecule has 0 saturated heterocycles. The first-order valence-corrected chi connectivity index (χ1v) is 7.23. The van der Waals surface area contributed by atoms with Crippen LogP contribution in [-0.4, -0.2) is 10.8 Å². The SMILES string of the molecule is Cc1c(C(=O)CCc2ccccc2)nc2ccccc2[n+]1[O-]. The quantitative estimate of drug-likeness (QED) is 0.422. The summed E-state index contributed by atoms with van der Waals surface area (Å²) in [7, 11) is 0. The van der Waals surface area contributed by atoms with E-state index in [0.717, 1.165) is 10.3 Å². The molecule has 0 atom stereocenters. The molecule has 3 rings (SSSR count). The van der Waals surface area contributed by atoms with E-state index in [4.69, 9.17) is 0 Å². The third-order valence-corrected chi connectivity index (χ3v) is 3.73. The van der Waals surface area contributed by atoms with Crippen molar-refractivity contribution in [3.05, 3.63) is 76.8 Å². The first-order valence-electron chi connectivity index (χ1n) is 7.23. The number of fused-ring (bicyclic) bond motifs is 1. The van der Waals surface area contributed by atoms with Crippen molar-refractivity contribution in [2.45, 2.75) is 19.8 Å². The summed E-state index contributed by atoms with van der Waals surface area (Å²) in [6.07, 6.45) is 0.989. The summed E-state index contributed by atoms with van der Waals surface area (Å²) in [4.78, 5) is 16.8. The number of ketones is 1. The average molecular weight is 292 g/mol. The topological polar surface area (TPSA) is 56.9 Å². The minimum Gasteiger partial charge on any atom is -0.618 e. The van der Waals surface area contributed by atoms with Crippen molar-refractivity contribution >= 4 is 16.8 Å². The van der Waals surface area contributed by atoms with Crippen LogP contribution in [0, 0.1) is 12.1 Å². The van der Waals surface area contributed by atoms with E-state index in [0.29, 0.717) is 29.6 Å². The van der Waals surface area contributed by atoms with Crippen LogP contribution < -0.4 is 4.73 Å². The summed E-state index contributed by atoms with van der Waals surface area (Å²) in [5.74, 6) is -0.100. The molecule has 4 heteroatoms. The molecule has 0 amide bonds. The molecule has 0 N–H and O–H groups in total. The molecule has 1 aromatic heterocycles. The molecule has 0 aliphatic carbocycles. The second-order valence-corrected chi connectivity index (χ2v) is 5.24. The van der Waals surface area contributed by atoms with Gasteiger partial charge in [0, 0.05) is 19.4 Å². The van der Waals surface area contributed by atoms with Gasteiger partial charge in [-0.25, -0.2) is 4.98 Å². The molecule has 3 aromatic rings. The molecule has 4 nitrogen and oxygen atoms in total. The van der Waals surface area contributed by atoms with Crippen molar-refractivity contribution in [1.82, 2.24) is 4.98 Å². The highest BCUT2D eigenvalue weighted by Gasteiger charge is 2.20. The first-order chi connectivity index (χ1) is 10.7. The van der Waals surface area contributed by atoms with E-state index < -0.39 is 0 Å². The second-order valence-electron chi connectivity index (χ2n) is 5.24. The van der Waals surface area contributed by atoms with Crippen LogP contribution in [0.3, 0.4) is 0 Å². The zero-order chi connectivity index (χ0) is 15.5. The van der Waals surface area contributed by atoms with Crippen molar-refractivity contribution < 1.29 is 9.52 Å². The maximum atomic E-state index is 12.4. The number of rotatable bonds is 4. The van der Waals surface area contributed by atoms with Gasteiger partial charge in [-0.3, -0.25) is 4.79 Å². The standard InChI is InChI=1S/C18H16N2O2/c1-13-18(17(21)12-11-14-7-3-2-4-8-14)19-15-9-5-6-10-16(15)20(13)22/h2-10H,11-12H2,1H3. The van der Waals surface area contributed by atoms with Gasteiger partial charge in [0.05, 0.1) is 0 Å². The Labute approximate surface area is 128 Å². The first kappa shape index (κ1) is 14.2. The molecular formula is C18H16N2O2. The molecule has 0 saturated carbocycles. The molecule has 1 heterocycles. The Hall–Kier alpha value is -2.75. The molecule has 0 aliphatic heterocycles. The number of para-hydroxylation sites is 2. The van der Waals surface area contributed by atoms with Crippen molar-refractivity contribution in [2.75, 3.05) is 0 Å². The molecule has 2 aromatic carbocycles. The Kier molecular flexibility index (Phi) is 3.83. The molecule has 0 unspecified atom stereocenters. The van der Waals surface area contributed by atoms with Gasteiger partial charge in [0.2, 0.25) is 11.2 Å². The van der Waals surface area contributed by atoms with Crippen LogP contribution >= 0.6 is 0 Å². The van der Waals surface area contributed by atoms with Gasteiger partial charge in [-0.05, 0) is 18.1 Å². The van der Waals surface area contributed by atoms with E-state index in [2.05, 4.69) is 4.98 Å². The van der Waals surface area contributed by atoms with Gasteiger partial charge < -0.3 is 5.21 Å². The summed E-state index contributed by atoms with van der Waals surface area (Å²) < 4.78 is 0.790. The lowest BCUT2D eigenvalue weighted by atomic mass is 10.0. The number of aromatic nitrogens is 2. The number of hydrogen-bond acceptors (Lipinski definition) is 3. The molecule has 0 aliphatic rings. The van der Waals surface area contributed by atoms with E-state index in [1.807, 2.05) is 36.4 Å². The van der Waals surface area contributed by atoms with Crippen LogP contribution in [0.4, 0.5) is 0 Å². The number of hydrogen-bond donors (Lipinski definition) is 0. The normalized spacial score (nSPS) is 10.8. The number of carbonyl (C=O) groups is 1. The Morgan fingerprint density at radius 3 is 2.55 bits per heavy atom. The van der Waals surface area contributed by atoms with Crippen molar-refractivity contribution in [3.63, 3.8) is 0 Å². The monoisotopic (exact) mass is 292 g/mol. The number of carbonyl (C=O) groups excluding carboxylic acids is 1. The maximum absolute atomic E-state index is 12.4. The largest absolute Gasteiger partial charge is 0.618 e. The number of aryl methyl sites for hydroxylation is 1. The molecule has 22 heavy (non-hydrogen) atoms. The lowest BCUT2D eigenvalue weighted by Crippen LogP contribution is -2.34. The number of nitrogens with zero attached hydrogens (tertiary/aromatic N) is 2. The summed E-state index contributed by atoms with van der Waals surface area (Å²) in [6.45, 7) is 1.64. The molecule has 0 bridgehead atoms. The lowest BCUT2D eigenvalue weighted by molar-refractivity contribution is -0.584. The molecule has 0 fully saturated rings. The Morgan fingerprint density at radius 1 is 1.09 bits per heavy atom. The third kappa shape index (κ3) is 2.68. The van der Waals surface area contributed by atoms with Crippen molar-refractivity contribution in [3.8, 4) is 0 Å². The van der Waals surface area contributed by atoms with Crippen LogP contribution in [0.2, 0.25) is 0 Å². The zero-order valence-electron chi connectivity index (χ0n) is 12.3. The summed E-state index contributed by atoms with van der Waals surface area (Å²) in [5.41, 5.74) is 2.76. The van der Waals surface area contributed by atoms with Crippen molar-refractivity contribution in [2.24, 2.45) is 0 Å². The van der Waals surface area contributed by atoms with Crippen LogP contribution in [0.25, 0.3) is 11.0 Å². The van der Waals surface area contributed by atoms with E-state index in [-0.39, 0.29) is 11.5 Å². The second kappa shape index (κ2) is 5.93. The highest BCUT2D eigenvalue weighted by Crippen LogP contribution is 2.13. The number of Topliss-reactive ketones (excluding diaryl/α,β-unsaturated/α-hetero) is 1. The van der Waals surface area contributed by atoms with Gasteiger partial charge in [-0.15, -0.1) is 0 Å². The smallest absolute Gasteiger partial charge is 0.242 e. The maximum Gasteiger partial charge on any atom is 0.242 e. The highest BCUT2D eigenvalue weighted by atomic mass is 16.5. The van der Waals surface area contributed by atoms with Crippen LogP contribution in [0.1, 0.15) is 28.2 Å². The predicted octanol–water partition coefficient (Wildman–Crippen LogP) is 2.99. The van der Waals surface area contributed by atoms with Gasteiger partial charge >= 0.3 is 0 Å². The fourth-order valence-electron chi connectivity index (χ4n) is 2.49. The fraction of sp³-hybridized carbons (Fsp3) is 0.167. The van der Waals surface area contributed by atoms with Crippen LogP contribution in [0.5, 0.6) is 0 Å². The summed E-state index contributed by atoms with van der Waals surface area (Å²) >= 11 is 0. The van der Waals surface area contributed by atoms with Crippen LogP contribution in [-0.2, 0) is 6.42 Å². The van der Waals surface area contributed by atoms with Gasteiger partial charge in [0.1, 0.15) is 5.52 Å². The van der Waals surface area contributed by atoms with E-state index in [1.54, 1.807) is 25.1 Å². The van der Waals surface area contributed by atoms with Crippen molar-refractivity contribution in [1.29, 1.82) is 0 Å². The molecular weight excluding hydrogens is 276 g/mol. The highest BCUT2D eigenvalue weighted by molar-refractivity contribution is 5.96. The average Bonchev–Trinajstić information content (AvgIpc) is 2.57. The fourth-order valence-corrected chi connectivity index (χ4v) is 2.49. The predicted molar refractivity (Wildman–Crippen MR) is 84.5 cm³/mol. The minimum atomic E-state index is -0.100. The zero-order valence-corrected chi connectivity index (χ0v) is 12.3. The Morgan fingerprint density at radius 2 is 1.77 bits per heavy atom. The number of benzene rings is 2. The van der Waals surface area contributed by atoms with Crippen LogP contribution in [0.15, 0.2) is 54.6 Å². The minimum absolute atomic E-state index is 0.100. The lowest BCUT2D eigenvalue weighted by Gasteiger charge is -2.08. The third-order valence-electron chi connectivity index (χ3n) is 3.73. The van der Waals surface area contributed by atoms with Gasteiger partial charge in [-0.1, -0.05) is 42.5 Å². The van der Waals surface area contributed by atoms with Gasteiger partial charge in [0.25, 0.3) is 0 Å². The van der Waals surface area contributed by atoms with E-state index >= 15 is 0 Å². The molecule has 110 valence electrons. The molecule has 0 radical (unpaired) electrons. The van der Waals surface area contributed by atoms with E-state index in [1.165, 1.54) is 0 Å². The Balaban J connectivity index is 1.89. The Bertz CT molecular complexity index is 829. The summed E-state index contributed by atoms with van der Waals surface area (Å²) in [5, 5.41) is 12.3.